The minimum Gasteiger partial charge on any atom is -0.359 e. The second kappa shape index (κ2) is 8.84. The van der Waals surface area contributed by atoms with Gasteiger partial charge in [-0.25, -0.2) is 4.79 Å². The Morgan fingerprint density at radius 2 is 1.82 bits per heavy atom. The van der Waals surface area contributed by atoms with Crippen LogP contribution < -0.4 is 5.32 Å². The van der Waals surface area contributed by atoms with Crippen molar-refractivity contribution in [1.82, 2.24) is 5.16 Å². The zero-order valence-corrected chi connectivity index (χ0v) is 17.2. The first-order valence-electron chi connectivity index (χ1n) is 7.74. The number of oxime groups is 1. The number of nitrogens with zero attached hydrogens (tertiary/aromatic N) is 2. The molecule has 0 atom stereocenters. The number of hydrogen-bond acceptors (Lipinski definition) is 5. The van der Waals surface area contributed by atoms with Crippen LogP contribution in [0.2, 0.25) is 20.1 Å². The van der Waals surface area contributed by atoms with E-state index in [1.165, 1.54) is 6.21 Å². The normalized spacial score (nSPS) is 11.0. The van der Waals surface area contributed by atoms with Gasteiger partial charge in [0.05, 0.1) is 26.3 Å². The Kier molecular flexibility index (Phi) is 6.46. The number of nitrogens with one attached hydrogen (secondary N) is 1. The number of anilines is 1. The molecule has 2 aromatic carbocycles. The van der Waals surface area contributed by atoms with Crippen molar-refractivity contribution in [1.29, 1.82) is 0 Å². The fourth-order valence-corrected chi connectivity index (χ4v) is 3.15. The van der Waals surface area contributed by atoms with Gasteiger partial charge in [0.1, 0.15) is 11.4 Å². The number of benzene rings is 2. The van der Waals surface area contributed by atoms with Crippen molar-refractivity contribution >= 4 is 64.4 Å². The lowest BCUT2D eigenvalue weighted by Crippen LogP contribution is -2.12. The first-order chi connectivity index (χ1) is 13.4. The van der Waals surface area contributed by atoms with E-state index < -0.39 is 6.09 Å². The Balaban J connectivity index is 1.75. The summed E-state index contributed by atoms with van der Waals surface area (Å²) in [4.78, 5) is 16.9. The van der Waals surface area contributed by atoms with Gasteiger partial charge in [-0.15, -0.1) is 0 Å². The number of aryl methyl sites for hydroxylation is 1. The highest BCUT2D eigenvalue weighted by Gasteiger charge is 2.21. The van der Waals surface area contributed by atoms with Crippen molar-refractivity contribution < 1.29 is 14.2 Å². The molecule has 0 unspecified atom stereocenters. The molecule has 144 valence electrons. The molecule has 6 nitrogen and oxygen atoms in total. The monoisotopic (exact) mass is 457 g/mol. The lowest BCUT2D eigenvalue weighted by atomic mass is 10.1. The van der Waals surface area contributed by atoms with Crippen LogP contribution in [0.5, 0.6) is 0 Å². The van der Waals surface area contributed by atoms with Crippen LogP contribution in [0.3, 0.4) is 0 Å². The first-order valence-corrected chi connectivity index (χ1v) is 9.25. The summed E-state index contributed by atoms with van der Waals surface area (Å²) in [6, 6.07) is 9.84. The molecule has 10 heteroatoms. The highest BCUT2D eigenvalue weighted by atomic mass is 35.5. The molecule has 0 saturated carbocycles. The van der Waals surface area contributed by atoms with Crippen LogP contribution in [0.1, 0.15) is 11.3 Å². The van der Waals surface area contributed by atoms with Gasteiger partial charge in [0, 0.05) is 5.56 Å². The summed E-state index contributed by atoms with van der Waals surface area (Å²) in [7, 11) is 0. The molecule has 1 aromatic heterocycles. The van der Waals surface area contributed by atoms with Crippen molar-refractivity contribution in [3.05, 3.63) is 67.8 Å². The van der Waals surface area contributed by atoms with Crippen molar-refractivity contribution in [2.24, 2.45) is 5.16 Å². The molecule has 1 N–H and O–H groups in total. The van der Waals surface area contributed by atoms with E-state index in [9.17, 15) is 4.79 Å². The number of carbonyl (C=O) groups excluding carboxylic acids is 1. The van der Waals surface area contributed by atoms with Crippen LogP contribution in [0.25, 0.3) is 11.3 Å². The molecule has 3 rings (SSSR count). The summed E-state index contributed by atoms with van der Waals surface area (Å²) < 4.78 is 5.16. The van der Waals surface area contributed by atoms with Crippen molar-refractivity contribution in [2.45, 2.75) is 6.92 Å². The summed E-state index contributed by atoms with van der Waals surface area (Å²) >= 11 is 24.2. The Labute approximate surface area is 179 Å². The number of rotatable bonds is 4. The zero-order chi connectivity index (χ0) is 20.3. The second-order valence-electron chi connectivity index (χ2n) is 5.47. The quantitative estimate of drug-likeness (QED) is 0.263. The SMILES string of the molecule is Cc1onc(-c2c(Cl)cccc2Cl)c1NC(=O)O/N=C\c1ccc(Cl)c(Cl)c1. The summed E-state index contributed by atoms with van der Waals surface area (Å²) in [5.74, 6) is 0.344. The number of carbonyl (C=O) groups is 1. The fourth-order valence-electron chi connectivity index (χ4n) is 2.27. The maximum atomic E-state index is 12.1. The van der Waals surface area contributed by atoms with E-state index in [2.05, 4.69) is 15.6 Å². The smallest absolute Gasteiger partial charge is 0.359 e. The average molecular weight is 459 g/mol. The molecule has 0 spiro atoms. The van der Waals surface area contributed by atoms with Crippen LogP contribution in [0.4, 0.5) is 10.5 Å². The third-order valence-electron chi connectivity index (χ3n) is 3.57. The highest BCUT2D eigenvalue weighted by Crippen LogP contribution is 2.39. The number of amides is 1. The molecule has 3 aromatic rings. The molecule has 1 amide bonds. The average Bonchev–Trinajstić information content (AvgIpc) is 2.98. The van der Waals surface area contributed by atoms with Crippen molar-refractivity contribution in [3.8, 4) is 11.3 Å². The van der Waals surface area contributed by atoms with Crippen LogP contribution in [0, 0.1) is 6.92 Å². The van der Waals surface area contributed by atoms with E-state index in [0.29, 0.717) is 37.0 Å². The summed E-state index contributed by atoms with van der Waals surface area (Å²) in [6.45, 7) is 1.62. The van der Waals surface area contributed by atoms with Gasteiger partial charge in [-0.1, -0.05) is 68.8 Å². The van der Waals surface area contributed by atoms with Gasteiger partial charge in [0.2, 0.25) is 0 Å². The predicted octanol–water partition coefficient (Wildman–Crippen LogP) is 6.85. The van der Waals surface area contributed by atoms with Gasteiger partial charge in [0.15, 0.2) is 5.76 Å². The van der Waals surface area contributed by atoms with Crippen LogP contribution >= 0.6 is 46.4 Å². The first kappa shape index (κ1) is 20.5. The third-order valence-corrected chi connectivity index (χ3v) is 4.94. The van der Waals surface area contributed by atoms with Crippen LogP contribution in [0.15, 0.2) is 46.1 Å². The molecule has 0 bridgehead atoms. The Morgan fingerprint density at radius 1 is 1.11 bits per heavy atom. The zero-order valence-electron chi connectivity index (χ0n) is 14.2. The Bertz CT molecular complexity index is 1050. The van der Waals surface area contributed by atoms with Gasteiger partial charge in [0.25, 0.3) is 0 Å². The lowest BCUT2D eigenvalue weighted by Gasteiger charge is -2.07. The summed E-state index contributed by atoms with van der Waals surface area (Å²) in [6.07, 6.45) is 0.459. The second-order valence-corrected chi connectivity index (χ2v) is 7.10. The minimum atomic E-state index is -0.855. The van der Waals surface area contributed by atoms with Crippen LogP contribution in [-0.2, 0) is 4.84 Å². The van der Waals surface area contributed by atoms with Crippen LogP contribution in [-0.4, -0.2) is 17.5 Å². The lowest BCUT2D eigenvalue weighted by molar-refractivity contribution is 0.167. The molecule has 28 heavy (non-hydrogen) atoms. The number of halogens is 4. The molecule has 0 saturated heterocycles. The Hall–Kier alpha value is -2.25. The largest absolute Gasteiger partial charge is 0.438 e. The van der Waals surface area contributed by atoms with Gasteiger partial charge < -0.3 is 4.52 Å². The highest BCUT2D eigenvalue weighted by molar-refractivity contribution is 6.42. The van der Waals surface area contributed by atoms with E-state index >= 15 is 0 Å². The molecule has 1 heterocycles. The number of aromatic nitrogens is 1. The van der Waals surface area contributed by atoms with Crippen molar-refractivity contribution in [3.63, 3.8) is 0 Å². The number of hydrogen-bond donors (Lipinski definition) is 1. The third kappa shape index (κ3) is 4.59. The molecule has 0 fully saturated rings. The van der Waals surface area contributed by atoms with E-state index in [-0.39, 0.29) is 11.4 Å². The van der Waals surface area contributed by atoms with E-state index in [0.717, 1.165) is 0 Å². The maximum absolute atomic E-state index is 12.1. The van der Waals surface area contributed by atoms with Gasteiger partial charge in [-0.3, -0.25) is 10.2 Å². The molecule has 0 aliphatic rings. The molecular formula is C18H11Cl4N3O3. The fraction of sp³-hybridized carbons (Fsp3) is 0.0556. The molecule has 0 aliphatic carbocycles. The van der Waals surface area contributed by atoms with E-state index in [4.69, 9.17) is 55.8 Å². The van der Waals surface area contributed by atoms with E-state index in [1.807, 2.05) is 0 Å². The molecular weight excluding hydrogens is 448 g/mol. The molecule has 0 radical (unpaired) electrons. The minimum absolute atomic E-state index is 0.268. The maximum Gasteiger partial charge on any atom is 0.438 e. The standard InChI is InChI=1S/C18H11Cl4N3O3/c1-9-16(17(25-27-9)15-12(20)3-2-4-13(15)21)24-18(26)28-23-8-10-5-6-11(19)14(22)7-10/h2-8H,1H3,(H,24,26)/b23-8-. The Morgan fingerprint density at radius 3 is 2.50 bits per heavy atom. The van der Waals surface area contributed by atoms with Gasteiger partial charge in [-0.2, -0.15) is 0 Å². The molecule has 0 aliphatic heterocycles. The summed E-state index contributed by atoms with van der Waals surface area (Å²) in [5, 5.41) is 11.5. The van der Waals surface area contributed by atoms with Crippen molar-refractivity contribution in [2.75, 3.05) is 5.32 Å². The predicted molar refractivity (Wildman–Crippen MR) is 111 cm³/mol. The van der Waals surface area contributed by atoms with Gasteiger partial charge >= 0.3 is 6.09 Å². The summed E-state index contributed by atoms with van der Waals surface area (Å²) in [5.41, 5.74) is 1.58. The topological polar surface area (TPSA) is 76.7 Å². The van der Waals surface area contributed by atoms with Gasteiger partial charge in [-0.05, 0) is 36.8 Å². The van der Waals surface area contributed by atoms with E-state index in [1.54, 1.807) is 43.3 Å².